The molecule has 3 aliphatic heterocycles. The van der Waals surface area contributed by atoms with E-state index in [1.54, 1.807) is 21.3 Å². The molecule has 0 aromatic heterocycles. The summed E-state index contributed by atoms with van der Waals surface area (Å²) in [5.74, 6) is 2.50. The molecule has 1 N–H and O–H groups in total. The SMILES string of the molecule is CCCn1c2nc(C3CCCC3)nc-2c2n(c1=O)CC(Cc1cccc(F)c1)N2. The first kappa shape index (κ1) is 18.3. The second kappa shape index (κ2) is 7.28. The Morgan fingerprint density at radius 1 is 1.24 bits per heavy atom. The molecule has 0 amide bonds. The topological polar surface area (TPSA) is 64.7 Å². The average Bonchev–Trinajstić information content (AvgIpc) is 3.43. The van der Waals surface area contributed by atoms with E-state index < -0.39 is 0 Å². The van der Waals surface area contributed by atoms with Crippen LogP contribution in [0.2, 0.25) is 0 Å². The largest absolute Gasteiger partial charge is 0.365 e. The van der Waals surface area contributed by atoms with Crippen LogP contribution in [0, 0.1) is 5.82 Å². The van der Waals surface area contributed by atoms with E-state index in [2.05, 4.69) is 12.2 Å². The molecule has 1 atom stereocenters. The summed E-state index contributed by atoms with van der Waals surface area (Å²) in [5, 5.41) is 3.48. The summed E-state index contributed by atoms with van der Waals surface area (Å²) in [4.78, 5) is 22.9. The van der Waals surface area contributed by atoms with Crippen molar-refractivity contribution in [2.24, 2.45) is 0 Å². The van der Waals surface area contributed by atoms with Gasteiger partial charge in [-0.3, -0.25) is 9.13 Å². The van der Waals surface area contributed by atoms with Gasteiger partial charge in [0.05, 0.1) is 0 Å². The van der Waals surface area contributed by atoms with Gasteiger partial charge in [-0.25, -0.2) is 19.2 Å². The van der Waals surface area contributed by atoms with Crippen molar-refractivity contribution in [1.82, 2.24) is 19.1 Å². The number of nitrogens with zero attached hydrogens (tertiary/aromatic N) is 4. The molecule has 1 saturated carbocycles. The fraction of sp³-hybridized carbons (Fsp3) is 0.500. The van der Waals surface area contributed by atoms with Crippen LogP contribution in [0.25, 0.3) is 11.5 Å². The highest BCUT2D eigenvalue weighted by molar-refractivity contribution is 5.70. The van der Waals surface area contributed by atoms with Crippen LogP contribution < -0.4 is 11.0 Å². The van der Waals surface area contributed by atoms with Gasteiger partial charge in [0.2, 0.25) is 0 Å². The lowest BCUT2D eigenvalue weighted by atomic mass is 10.1. The van der Waals surface area contributed by atoms with Crippen molar-refractivity contribution in [2.75, 3.05) is 5.32 Å². The number of halogens is 1. The number of imidazole rings is 1. The first-order valence-electron chi connectivity index (χ1n) is 10.7. The number of aromatic nitrogens is 4. The summed E-state index contributed by atoms with van der Waals surface area (Å²) < 4.78 is 17.1. The standard InChI is InChI=1S/C22H26FN5O/c1-2-10-27-21-18(25-19(26-21)15-7-3-4-8-15)20-24-17(13-28(20)22(27)29)12-14-6-5-9-16(23)11-14/h5-6,9,11,15,17,24H,2-4,7-8,10,12-13H2,1H3. The van der Waals surface area contributed by atoms with E-state index in [1.807, 2.05) is 6.07 Å². The molecule has 0 spiro atoms. The normalized spacial score (nSPS) is 19.0. The van der Waals surface area contributed by atoms with Crippen LogP contribution in [0.4, 0.5) is 10.2 Å². The number of hydrogen-bond donors (Lipinski definition) is 1. The average molecular weight is 395 g/mol. The Balaban J connectivity index is 1.53. The van der Waals surface area contributed by atoms with Crippen molar-refractivity contribution in [1.29, 1.82) is 0 Å². The summed E-state index contributed by atoms with van der Waals surface area (Å²) in [6, 6.07) is 6.68. The maximum atomic E-state index is 13.6. The van der Waals surface area contributed by atoms with Gasteiger partial charge in [0.15, 0.2) is 5.82 Å². The number of nitrogens with one attached hydrogen (secondary N) is 1. The Morgan fingerprint density at radius 3 is 2.83 bits per heavy atom. The van der Waals surface area contributed by atoms with Gasteiger partial charge < -0.3 is 5.32 Å². The molecule has 4 aliphatic rings. The number of anilines is 1. The second-order valence-electron chi connectivity index (χ2n) is 8.30. The van der Waals surface area contributed by atoms with Crippen LogP contribution in [0.3, 0.4) is 0 Å². The molecule has 1 unspecified atom stereocenters. The van der Waals surface area contributed by atoms with Crippen LogP contribution in [-0.2, 0) is 19.5 Å². The molecule has 1 fully saturated rings. The van der Waals surface area contributed by atoms with Crippen molar-refractivity contribution in [3.05, 3.63) is 52.0 Å². The van der Waals surface area contributed by atoms with E-state index >= 15 is 0 Å². The van der Waals surface area contributed by atoms with Crippen LogP contribution >= 0.6 is 0 Å². The third-order valence-electron chi connectivity index (χ3n) is 6.15. The number of fused-ring (bicyclic) bond motifs is 3. The second-order valence-corrected chi connectivity index (χ2v) is 8.30. The summed E-state index contributed by atoms with van der Waals surface area (Å²) in [5.41, 5.74) is 1.67. The molecule has 29 heavy (non-hydrogen) atoms. The molecule has 1 aliphatic carbocycles. The van der Waals surface area contributed by atoms with Gasteiger partial charge in [-0.2, -0.15) is 0 Å². The van der Waals surface area contributed by atoms with Crippen LogP contribution in [0.5, 0.6) is 0 Å². The van der Waals surface area contributed by atoms with E-state index in [0.29, 0.717) is 31.3 Å². The Morgan fingerprint density at radius 2 is 2.07 bits per heavy atom. The molecule has 3 heterocycles. The predicted molar refractivity (Wildman–Crippen MR) is 110 cm³/mol. The number of rotatable bonds is 5. The van der Waals surface area contributed by atoms with Crippen molar-refractivity contribution >= 4 is 5.82 Å². The van der Waals surface area contributed by atoms with Gasteiger partial charge in [-0.05, 0) is 43.4 Å². The third kappa shape index (κ3) is 3.22. The fourth-order valence-electron chi connectivity index (χ4n) is 4.79. The molecule has 152 valence electrons. The zero-order chi connectivity index (χ0) is 20.0. The molecule has 0 radical (unpaired) electrons. The minimum Gasteiger partial charge on any atom is -0.365 e. The Bertz CT molecular complexity index is 1070. The van der Waals surface area contributed by atoms with Crippen molar-refractivity contribution in [3.63, 3.8) is 0 Å². The van der Waals surface area contributed by atoms with Crippen molar-refractivity contribution in [3.8, 4) is 11.5 Å². The number of hydrogen-bond acceptors (Lipinski definition) is 4. The summed E-state index contributed by atoms with van der Waals surface area (Å²) in [6.45, 7) is 3.25. The molecular formula is C22H26FN5O. The highest BCUT2D eigenvalue weighted by atomic mass is 19.1. The van der Waals surface area contributed by atoms with Crippen LogP contribution in [-0.4, -0.2) is 25.1 Å². The first-order valence-corrected chi connectivity index (χ1v) is 10.7. The minimum absolute atomic E-state index is 0.0248. The van der Waals surface area contributed by atoms with Gasteiger partial charge in [0.1, 0.15) is 23.2 Å². The van der Waals surface area contributed by atoms with Gasteiger partial charge >= 0.3 is 5.69 Å². The summed E-state index contributed by atoms with van der Waals surface area (Å²) in [7, 11) is 0. The molecular weight excluding hydrogens is 369 g/mol. The van der Waals surface area contributed by atoms with E-state index in [-0.39, 0.29) is 17.5 Å². The summed E-state index contributed by atoms with van der Waals surface area (Å²) in [6.07, 6.45) is 6.20. The lowest BCUT2D eigenvalue weighted by Gasteiger charge is -2.13. The van der Waals surface area contributed by atoms with E-state index in [0.717, 1.165) is 42.2 Å². The van der Waals surface area contributed by atoms with Gasteiger partial charge in [-0.1, -0.05) is 31.9 Å². The monoisotopic (exact) mass is 395 g/mol. The van der Waals surface area contributed by atoms with E-state index in [4.69, 9.17) is 9.97 Å². The third-order valence-corrected chi connectivity index (χ3v) is 6.15. The lowest BCUT2D eigenvalue weighted by Crippen LogP contribution is -2.32. The quantitative estimate of drug-likeness (QED) is 0.714. The molecule has 5 rings (SSSR count). The zero-order valence-electron chi connectivity index (χ0n) is 16.7. The van der Waals surface area contributed by atoms with E-state index in [1.165, 1.54) is 18.9 Å². The first-order chi connectivity index (χ1) is 14.1. The molecule has 1 aromatic carbocycles. The highest BCUT2D eigenvalue weighted by Gasteiger charge is 2.33. The Hall–Kier alpha value is -2.70. The smallest absolute Gasteiger partial charge is 0.331 e. The highest BCUT2D eigenvalue weighted by Crippen LogP contribution is 2.37. The maximum absolute atomic E-state index is 13.6. The molecule has 0 bridgehead atoms. The fourth-order valence-corrected chi connectivity index (χ4v) is 4.79. The van der Waals surface area contributed by atoms with Crippen LogP contribution in [0.1, 0.15) is 56.3 Å². The number of benzene rings is 1. The van der Waals surface area contributed by atoms with Gasteiger partial charge in [0.25, 0.3) is 0 Å². The summed E-state index contributed by atoms with van der Waals surface area (Å²) >= 11 is 0. The Labute approximate surface area is 169 Å². The van der Waals surface area contributed by atoms with Gasteiger partial charge in [0, 0.05) is 25.0 Å². The lowest BCUT2D eigenvalue weighted by molar-refractivity contribution is 0.559. The molecule has 6 nitrogen and oxygen atoms in total. The minimum atomic E-state index is -0.235. The Kier molecular flexibility index (Phi) is 4.60. The molecule has 1 aromatic rings. The maximum Gasteiger partial charge on any atom is 0.331 e. The molecule has 0 saturated heterocycles. The van der Waals surface area contributed by atoms with Crippen LogP contribution in [0.15, 0.2) is 29.1 Å². The van der Waals surface area contributed by atoms with Crippen molar-refractivity contribution in [2.45, 2.75) is 70.5 Å². The van der Waals surface area contributed by atoms with Crippen molar-refractivity contribution < 1.29 is 4.39 Å². The van der Waals surface area contributed by atoms with Gasteiger partial charge in [-0.15, -0.1) is 0 Å². The zero-order valence-corrected chi connectivity index (χ0v) is 16.7. The van der Waals surface area contributed by atoms with E-state index in [9.17, 15) is 9.18 Å². The predicted octanol–water partition coefficient (Wildman–Crippen LogP) is 3.79. The molecule has 7 heteroatoms.